The predicted octanol–water partition coefficient (Wildman–Crippen LogP) is 3.23. The molecule has 5 nitrogen and oxygen atoms in total. The summed E-state index contributed by atoms with van der Waals surface area (Å²) in [5.74, 6) is -0.290. The highest BCUT2D eigenvalue weighted by atomic mass is 35.5. The van der Waals surface area contributed by atoms with E-state index in [4.69, 9.17) is 5.73 Å². The molecule has 2 aromatic rings. The maximum atomic E-state index is 12.5. The van der Waals surface area contributed by atoms with Gasteiger partial charge < -0.3 is 16.0 Å². The Labute approximate surface area is 172 Å². The third-order valence-corrected chi connectivity index (χ3v) is 5.19. The van der Waals surface area contributed by atoms with Crippen molar-refractivity contribution in [3.05, 3.63) is 65.7 Å². The van der Waals surface area contributed by atoms with E-state index in [-0.39, 0.29) is 36.2 Å². The molecule has 1 aliphatic heterocycles. The van der Waals surface area contributed by atoms with Crippen LogP contribution in [0.25, 0.3) is 0 Å². The van der Waals surface area contributed by atoms with E-state index < -0.39 is 0 Å². The number of rotatable bonds is 7. The standard InChI is InChI=1S/C22H27N3O2.ClH/c1-16(21(23)18-9-3-2-4-10-18)22(27)24-14-7-12-20(26)25-15-13-17-8-5-6-11-19(17)25;/h2-6,8-11,16,21H,7,12-15,23H2,1H3,(H,24,27);1H. The van der Waals surface area contributed by atoms with Crippen LogP contribution in [0.5, 0.6) is 0 Å². The molecule has 0 saturated carbocycles. The van der Waals surface area contributed by atoms with Crippen molar-refractivity contribution < 1.29 is 9.59 Å². The first-order valence-corrected chi connectivity index (χ1v) is 9.54. The molecule has 2 unspecified atom stereocenters. The van der Waals surface area contributed by atoms with E-state index in [1.165, 1.54) is 5.56 Å². The summed E-state index contributed by atoms with van der Waals surface area (Å²) in [5, 5.41) is 2.91. The van der Waals surface area contributed by atoms with Gasteiger partial charge in [0, 0.05) is 31.2 Å². The van der Waals surface area contributed by atoms with Gasteiger partial charge in [0.05, 0.1) is 5.92 Å². The van der Waals surface area contributed by atoms with Crippen LogP contribution >= 0.6 is 12.4 Å². The van der Waals surface area contributed by atoms with Crippen LogP contribution in [0.2, 0.25) is 0 Å². The summed E-state index contributed by atoms with van der Waals surface area (Å²) in [6.45, 7) is 3.05. The minimum Gasteiger partial charge on any atom is -0.356 e. The van der Waals surface area contributed by atoms with Crippen LogP contribution < -0.4 is 16.0 Å². The number of para-hydroxylation sites is 1. The second-order valence-corrected chi connectivity index (χ2v) is 7.04. The van der Waals surface area contributed by atoms with Gasteiger partial charge in [-0.05, 0) is 30.0 Å². The van der Waals surface area contributed by atoms with E-state index in [2.05, 4.69) is 11.4 Å². The largest absolute Gasteiger partial charge is 0.356 e. The van der Waals surface area contributed by atoms with Gasteiger partial charge >= 0.3 is 0 Å². The van der Waals surface area contributed by atoms with E-state index in [0.29, 0.717) is 19.4 Å². The summed E-state index contributed by atoms with van der Waals surface area (Å²) in [6.07, 6.45) is 1.96. The Kier molecular flexibility index (Phi) is 8.03. The maximum Gasteiger partial charge on any atom is 0.227 e. The molecule has 1 heterocycles. The molecule has 0 spiro atoms. The number of halogens is 1. The number of nitrogens with two attached hydrogens (primary N) is 1. The van der Waals surface area contributed by atoms with Gasteiger partial charge in [-0.15, -0.1) is 12.4 Å². The Morgan fingerprint density at radius 2 is 1.79 bits per heavy atom. The molecule has 0 saturated heterocycles. The summed E-state index contributed by atoms with van der Waals surface area (Å²) in [6, 6.07) is 17.3. The number of fused-ring (bicyclic) bond motifs is 1. The molecule has 0 fully saturated rings. The Morgan fingerprint density at radius 1 is 1.11 bits per heavy atom. The maximum absolute atomic E-state index is 12.5. The molecule has 0 radical (unpaired) electrons. The van der Waals surface area contributed by atoms with Gasteiger partial charge in [-0.25, -0.2) is 0 Å². The van der Waals surface area contributed by atoms with Crippen molar-refractivity contribution in [2.45, 2.75) is 32.2 Å². The van der Waals surface area contributed by atoms with Crippen LogP contribution in [0.4, 0.5) is 5.69 Å². The Hall–Kier alpha value is -2.37. The van der Waals surface area contributed by atoms with Gasteiger partial charge in [-0.3, -0.25) is 9.59 Å². The van der Waals surface area contributed by atoms with Crippen molar-refractivity contribution in [1.82, 2.24) is 5.32 Å². The Balaban J connectivity index is 0.00000280. The van der Waals surface area contributed by atoms with E-state index in [9.17, 15) is 9.59 Å². The quantitative estimate of drug-likeness (QED) is 0.699. The SMILES string of the molecule is CC(C(=O)NCCCC(=O)N1CCc2ccccc21)C(N)c1ccccc1.Cl. The number of carbonyl (C=O) groups excluding carboxylic acids is 2. The lowest BCUT2D eigenvalue weighted by atomic mass is 9.94. The number of anilines is 1. The fourth-order valence-corrected chi connectivity index (χ4v) is 3.47. The van der Waals surface area contributed by atoms with Gasteiger partial charge in [0.1, 0.15) is 0 Å². The molecule has 0 bridgehead atoms. The zero-order valence-electron chi connectivity index (χ0n) is 16.1. The van der Waals surface area contributed by atoms with Gasteiger partial charge in [0.15, 0.2) is 0 Å². The molecule has 1 aliphatic rings. The molecule has 0 aromatic heterocycles. The molecular weight excluding hydrogens is 374 g/mol. The van der Waals surface area contributed by atoms with E-state index in [1.807, 2.05) is 60.4 Å². The van der Waals surface area contributed by atoms with Crippen molar-refractivity contribution in [2.24, 2.45) is 11.7 Å². The van der Waals surface area contributed by atoms with E-state index >= 15 is 0 Å². The lowest BCUT2D eigenvalue weighted by molar-refractivity contribution is -0.125. The van der Waals surface area contributed by atoms with Crippen LogP contribution in [0.15, 0.2) is 54.6 Å². The zero-order chi connectivity index (χ0) is 19.2. The Bertz CT molecular complexity index is 797. The first kappa shape index (κ1) is 21.9. The molecule has 150 valence electrons. The summed E-state index contributed by atoms with van der Waals surface area (Å²) in [5.41, 5.74) is 9.39. The molecular formula is C22H28ClN3O2. The van der Waals surface area contributed by atoms with Crippen molar-refractivity contribution in [2.75, 3.05) is 18.0 Å². The third-order valence-electron chi connectivity index (χ3n) is 5.19. The van der Waals surface area contributed by atoms with Crippen molar-refractivity contribution >= 4 is 29.9 Å². The Morgan fingerprint density at radius 3 is 2.54 bits per heavy atom. The number of nitrogens with one attached hydrogen (secondary N) is 1. The van der Waals surface area contributed by atoms with Gasteiger partial charge in [0.2, 0.25) is 11.8 Å². The average molecular weight is 402 g/mol. The van der Waals surface area contributed by atoms with Gasteiger partial charge in [0.25, 0.3) is 0 Å². The molecule has 0 aliphatic carbocycles. The van der Waals surface area contributed by atoms with Crippen LogP contribution in [0.1, 0.15) is 36.9 Å². The van der Waals surface area contributed by atoms with Crippen molar-refractivity contribution in [3.8, 4) is 0 Å². The van der Waals surface area contributed by atoms with Crippen molar-refractivity contribution in [1.29, 1.82) is 0 Å². The minimum absolute atomic E-state index is 0. The molecule has 28 heavy (non-hydrogen) atoms. The number of benzene rings is 2. The number of carbonyl (C=O) groups is 2. The topological polar surface area (TPSA) is 75.4 Å². The van der Waals surface area contributed by atoms with Crippen LogP contribution in [-0.4, -0.2) is 24.9 Å². The highest BCUT2D eigenvalue weighted by molar-refractivity contribution is 5.95. The lowest BCUT2D eigenvalue weighted by Gasteiger charge is -2.20. The smallest absolute Gasteiger partial charge is 0.227 e. The number of amides is 2. The number of nitrogens with zero attached hydrogens (tertiary/aromatic N) is 1. The fourth-order valence-electron chi connectivity index (χ4n) is 3.47. The molecule has 6 heteroatoms. The first-order valence-electron chi connectivity index (χ1n) is 9.54. The van der Waals surface area contributed by atoms with E-state index in [0.717, 1.165) is 24.2 Å². The zero-order valence-corrected chi connectivity index (χ0v) is 17.0. The average Bonchev–Trinajstić information content (AvgIpc) is 3.14. The minimum atomic E-state index is -0.339. The first-order chi connectivity index (χ1) is 13.1. The second kappa shape index (κ2) is 10.2. The fraction of sp³-hybridized carbons (Fsp3) is 0.364. The third kappa shape index (κ3) is 5.12. The molecule has 3 N–H and O–H groups in total. The van der Waals surface area contributed by atoms with Gasteiger partial charge in [-0.2, -0.15) is 0 Å². The van der Waals surface area contributed by atoms with Crippen molar-refractivity contribution in [3.63, 3.8) is 0 Å². The summed E-state index contributed by atoms with van der Waals surface area (Å²) >= 11 is 0. The highest BCUT2D eigenvalue weighted by Gasteiger charge is 2.24. The highest BCUT2D eigenvalue weighted by Crippen LogP contribution is 2.28. The summed E-state index contributed by atoms with van der Waals surface area (Å²) in [7, 11) is 0. The molecule has 2 amide bonds. The summed E-state index contributed by atoms with van der Waals surface area (Å²) < 4.78 is 0. The second-order valence-electron chi connectivity index (χ2n) is 7.04. The number of hydrogen-bond donors (Lipinski definition) is 2. The lowest BCUT2D eigenvalue weighted by Crippen LogP contribution is -2.36. The van der Waals surface area contributed by atoms with Crippen LogP contribution in [-0.2, 0) is 16.0 Å². The van der Waals surface area contributed by atoms with E-state index in [1.54, 1.807) is 0 Å². The molecule has 3 rings (SSSR count). The normalized spacial score (nSPS) is 14.6. The van der Waals surface area contributed by atoms with Crippen LogP contribution in [0.3, 0.4) is 0 Å². The van der Waals surface area contributed by atoms with Crippen LogP contribution in [0, 0.1) is 5.92 Å². The summed E-state index contributed by atoms with van der Waals surface area (Å²) in [4.78, 5) is 26.7. The van der Waals surface area contributed by atoms with Gasteiger partial charge in [-0.1, -0.05) is 55.5 Å². The molecule has 2 atom stereocenters. The molecule has 2 aromatic carbocycles. The monoisotopic (exact) mass is 401 g/mol. The predicted molar refractivity (Wildman–Crippen MR) is 115 cm³/mol. The number of hydrogen-bond acceptors (Lipinski definition) is 3.